The number of anilines is 1. The van der Waals surface area contributed by atoms with Gasteiger partial charge >= 0.3 is 0 Å². The van der Waals surface area contributed by atoms with Crippen LogP contribution in [0.15, 0.2) is 28.7 Å². The molecule has 0 bridgehead atoms. The fourth-order valence-corrected chi connectivity index (χ4v) is 3.93. The number of rotatable bonds is 6. The van der Waals surface area contributed by atoms with E-state index in [9.17, 15) is 9.59 Å². The number of carbonyl (C=O) groups excluding carboxylic acids is 2. The molecule has 0 saturated carbocycles. The molecule has 1 atom stereocenters. The number of piperidine rings is 1. The molecular formula is C19H23BrClN5O2. The molecule has 2 heterocycles. The molecular weight excluding hydrogens is 446 g/mol. The van der Waals surface area contributed by atoms with Gasteiger partial charge in [-0.15, -0.1) is 0 Å². The van der Waals surface area contributed by atoms with E-state index < -0.39 is 0 Å². The average molecular weight is 469 g/mol. The van der Waals surface area contributed by atoms with Crippen molar-refractivity contribution in [2.24, 2.45) is 0 Å². The first-order valence-corrected chi connectivity index (χ1v) is 10.5. The zero-order valence-electron chi connectivity index (χ0n) is 15.6. The Balaban J connectivity index is 1.61. The van der Waals surface area contributed by atoms with Crippen molar-refractivity contribution in [3.8, 4) is 0 Å². The lowest BCUT2D eigenvalue weighted by molar-refractivity contribution is 0.0919. The third kappa shape index (κ3) is 5.12. The van der Waals surface area contributed by atoms with Crippen molar-refractivity contribution in [3.05, 3.63) is 45.0 Å². The van der Waals surface area contributed by atoms with Gasteiger partial charge in [0.05, 0.1) is 15.1 Å². The van der Waals surface area contributed by atoms with Crippen LogP contribution in [0, 0.1) is 0 Å². The zero-order valence-corrected chi connectivity index (χ0v) is 17.9. The second-order valence-electron chi connectivity index (χ2n) is 6.93. The third-order valence-corrected chi connectivity index (χ3v) is 5.74. The number of likely N-dealkylation sites (tertiary alicyclic amines) is 1. The summed E-state index contributed by atoms with van der Waals surface area (Å²) in [5.74, 6) is -0.384. The monoisotopic (exact) mass is 467 g/mol. The molecule has 7 nitrogen and oxygen atoms in total. The molecule has 0 unspecified atom stereocenters. The van der Waals surface area contributed by atoms with E-state index in [0.29, 0.717) is 20.9 Å². The number of nitrogens with one attached hydrogen (secondary N) is 3. The maximum atomic E-state index is 12.6. The summed E-state index contributed by atoms with van der Waals surface area (Å²) in [6.07, 6.45) is 3.69. The molecule has 3 N–H and O–H groups in total. The molecule has 1 aromatic heterocycles. The largest absolute Gasteiger partial charge is 0.347 e. The molecule has 1 saturated heterocycles. The van der Waals surface area contributed by atoms with Crippen molar-refractivity contribution in [3.63, 3.8) is 0 Å². The van der Waals surface area contributed by atoms with E-state index in [4.69, 9.17) is 11.6 Å². The number of nitrogens with zero attached hydrogens (tertiary/aromatic N) is 2. The van der Waals surface area contributed by atoms with E-state index in [1.807, 2.05) is 6.92 Å². The molecule has 28 heavy (non-hydrogen) atoms. The highest BCUT2D eigenvalue weighted by Gasteiger charge is 2.22. The summed E-state index contributed by atoms with van der Waals surface area (Å²) < 4.78 is 0.399. The van der Waals surface area contributed by atoms with Gasteiger partial charge in [0.2, 0.25) is 0 Å². The molecule has 1 aliphatic rings. The van der Waals surface area contributed by atoms with E-state index >= 15 is 0 Å². The first-order chi connectivity index (χ1) is 13.5. The van der Waals surface area contributed by atoms with Gasteiger partial charge in [-0.2, -0.15) is 5.10 Å². The van der Waals surface area contributed by atoms with Crippen LogP contribution in [0.5, 0.6) is 0 Å². The zero-order chi connectivity index (χ0) is 20.1. The molecule has 2 amide bonds. The van der Waals surface area contributed by atoms with E-state index in [2.05, 4.69) is 41.7 Å². The number of carbonyl (C=O) groups is 2. The molecule has 1 fully saturated rings. The standard InChI is InChI=1S/C19H23BrClN5O2/c1-12(11-26-9-5-2-6-10-26)22-19(28)16-15(20)17(25-24-16)23-18(27)13-7-3-4-8-14(13)21/h3-4,7-8,12H,2,5-6,9-11H2,1H3,(H,22,28)(H2,23,24,25,27)/t12-/m0/s1. The van der Waals surface area contributed by atoms with Crippen molar-refractivity contribution in [1.82, 2.24) is 20.4 Å². The maximum Gasteiger partial charge on any atom is 0.273 e. The van der Waals surface area contributed by atoms with E-state index in [0.717, 1.165) is 19.6 Å². The second kappa shape index (κ2) is 9.54. The van der Waals surface area contributed by atoms with Crippen LogP contribution in [0.1, 0.15) is 47.0 Å². The quantitative estimate of drug-likeness (QED) is 0.603. The normalized spacial score (nSPS) is 15.8. The Kier molecular flexibility index (Phi) is 7.09. The molecule has 0 radical (unpaired) electrons. The number of amides is 2. The fraction of sp³-hybridized carbons (Fsp3) is 0.421. The molecule has 3 rings (SSSR count). The summed E-state index contributed by atoms with van der Waals surface area (Å²) in [6.45, 7) is 4.94. The predicted octanol–water partition coefficient (Wildman–Crippen LogP) is 3.68. The maximum absolute atomic E-state index is 12.6. The van der Waals surface area contributed by atoms with Gasteiger partial charge in [-0.1, -0.05) is 30.2 Å². The summed E-state index contributed by atoms with van der Waals surface area (Å²) in [5.41, 5.74) is 0.534. The molecule has 2 aromatic rings. The Morgan fingerprint density at radius 1 is 1.25 bits per heavy atom. The van der Waals surface area contributed by atoms with E-state index in [1.54, 1.807) is 24.3 Å². The summed E-state index contributed by atoms with van der Waals surface area (Å²) >= 11 is 9.40. The van der Waals surface area contributed by atoms with Gasteiger partial charge in [-0.3, -0.25) is 14.7 Å². The van der Waals surface area contributed by atoms with Crippen LogP contribution in [-0.4, -0.2) is 52.6 Å². The van der Waals surface area contributed by atoms with Gasteiger partial charge in [0.15, 0.2) is 5.69 Å². The molecule has 150 valence electrons. The minimum Gasteiger partial charge on any atom is -0.347 e. The lowest BCUT2D eigenvalue weighted by Gasteiger charge is -2.29. The van der Waals surface area contributed by atoms with Crippen LogP contribution in [-0.2, 0) is 0 Å². The molecule has 1 aliphatic heterocycles. The first kappa shape index (κ1) is 20.8. The van der Waals surface area contributed by atoms with Crippen LogP contribution in [0.2, 0.25) is 5.02 Å². The third-order valence-electron chi connectivity index (χ3n) is 4.64. The Morgan fingerprint density at radius 2 is 1.96 bits per heavy atom. The van der Waals surface area contributed by atoms with Gasteiger partial charge in [0.1, 0.15) is 5.82 Å². The van der Waals surface area contributed by atoms with Crippen molar-refractivity contribution in [2.75, 3.05) is 25.0 Å². The predicted molar refractivity (Wildman–Crippen MR) is 113 cm³/mol. The highest BCUT2D eigenvalue weighted by molar-refractivity contribution is 9.10. The van der Waals surface area contributed by atoms with Gasteiger partial charge in [-0.25, -0.2) is 0 Å². The van der Waals surface area contributed by atoms with Crippen molar-refractivity contribution in [1.29, 1.82) is 0 Å². The van der Waals surface area contributed by atoms with E-state index in [-0.39, 0.29) is 23.6 Å². The number of hydrogen-bond donors (Lipinski definition) is 3. The van der Waals surface area contributed by atoms with Crippen molar-refractivity contribution >= 4 is 45.2 Å². The number of hydrogen-bond acceptors (Lipinski definition) is 4. The lowest BCUT2D eigenvalue weighted by Crippen LogP contribution is -2.43. The number of benzene rings is 1. The Morgan fingerprint density at radius 3 is 2.68 bits per heavy atom. The highest BCUT2D eigenvalue weighted by atomic mass is 79.9. The van der Waals surface area contributed by atoms with Crippen LogP contribution in [0.4, 0.5) is 5.82 Å². The van der Waals surface area contributed by atoms with Crippen LogP contribution in [0.25, 0.3) is 0 Å². The first-order valence-electron chi connectivity index (χ1n) is 9.28. The summed E-state index contributed by atoms with van der Waals surface area (Å²) in [4.78, 5) is 27.3. The SMILES string of the molecule is C[C@@H](CN1CCCCC1)NC(=O)c1n[nH]c(NC(=O)c2ccccc2Cl)c1Br. The van der Waals surface area contributed by atoms with Crippen molar-refractivity contribution < 1.29 is 9.59 Å². The molecule has 1 aromatic carbocycles. The van der Waals surface area contributed by atoms with Crippen LogP contribution in [0.3, 0.4) is 0 Å². The number of H-pyrrole nitrogens is 1. The molecule has 0 spiro atoms. The minimum absolute atomic E-state index is 0.00429. The Hall–Kier alpha value is -1.90. The topological polar surface area (TPSA) is 90.1 Å². The number of aromatic nitrogens is 2. The second-order valence-corrected chi connectivity index (χ2v) is 8.13. The number of halogens is 2. The fourth-order valence-electron chi connectivity index (χ4n) is 3.25. The summed E-state index contributed by atoms with van der Waals surface area (Å²) in [7, 11) is 0. The van der Waals surface area contributed by atoms with Gasteiger partial charge < -0.3 is 15.5 Å². The number of aromatic amines is 1. The summed E-state index contributed by atoms with van der Waals surface area (Å²) in [5, 5.41) is 12.7. The Labute approximate surface area is 177 Å². The molecule has 0 aliphatic carbocycles. The minimum atomic E-state index is -0.389. The van der Waals surface area contributed by atoms with Gasteiger partial charge in [0, 0.05) is 12.6 Å². The smallest absolute Gasteiger partial charge is 0.273 e. The average Bonchev–Trinajstić information content (AvgIpc) is 3.03. The van der Waals surface area contributed by atoms with Gasteiger partial charge in [-0.05, 0) is 60.9 Å². The Bertz CT molecular complexity index is 851. The van der Waals surface area contributed by atoms with E-state index in [1.165, 1.54) is 19.3 Å². The highest BCUT2D eigenvalue weighted by Crippen LogP contribution is 2.25. The van der Waals surface area contributed by atoms with Crippen LogP contribution >= 0.6 is 27.5 Å². The summed E-state index contributed by atoms with van der Waals surface area (Å²) in [6, 6.07) is 6.73. The van der Waals surface area contributed by atoms with Gasteiger partial charge in [0.25, 0.3) is 11.8 Å². The lowest BCUT2D eigenvalue weighted by atomic mass is 10.1. The molecule has 9 heteroatoms. The van der Waals surface area contributed by atoms with Crippen molar-refractivity contribution in [2.45, 2.75) is 32.2 Å². The van der Waals surface area contributed by atoms with Crippen LogP contribution < -0.4 is 10.6 Å².